The third-order valence-electron chi connectivity index (χ3n) is 9.79. The molecule has 13 nitrogen and oxygen atoms in total. The molecule has 2 aliphatic rings. The minimum Gasteiger partial charge on any atom is -0.344 e. The standard InChI is InChI=1S/C37H49F2N7O6/c1-20(2)28(44-32(48)26-18-40-15-16-41-26)33(49)45-31(37(4,5)6)36(52)46-19-23-13-10-14-24(23)29(46)34(50)43-25(17-27(38)39)30(47)35(51)42-21(3)22-11-8-7-9-12-22/h7-9,11-12,15-16,18,20-21,23-25,27-29,31H,10,13-14,17,19H2,1-6H3,(H,42,51)(H,43,50)(H,44,48)(H,45,49)/t21-,23-,24-,25?,28+,29?,31?/m0/s1. The van der Waals surface area contributed by atoms with Crippen LogP contribution in [0, 0.1) is 23.2 Å². The number of amides is 5. The summed E-state index contributed by atoms with van der Waals surface area (Å²) < 4.78 is 27.5. The molecule has 0 bridgehead atoms. The number of benzene rings is 1. The summed E-state index contributed by atoms with van der Waals surface area (Å²) in [6.07, 6.45) is 2.02. The van der Waals surface area contributed by atoms with Crippen LogP contribution in [0.4, 0.5) is 8.78 Å². The van der Waals surface area contributed by atoms with Gasteiger partial charge in [0.15, 0.2) is 0 Å². The number of ketones is 1. The van der Waals surface area contributed by atoms with Crippen molar-refractivity contribution in [3.8, 4) is 0 Å². The number of nitrogens with one attached hydrogen (secondary N) is 4. The number of fused-ring (bicyclic) bond motifs is 1. The van der Waals surface area contributed by atoms with Crippen LogP contribution in [0.5, 0.6) is 0 Å². The van der Waals surface area contributed by atoms with Gasteiger partial charge in [-0.2, -0.15) is 0 Å². The predicted molar refractivity (Wildman–Crippen MR) is 186 cm³/mol. The van der Waals surface area contributed by atoms with E-state index in [1.165, 1.54) is 23.5 Å². The lowest BCUT2D eigenvalue weighted by Crippen LogP contribution is -2.62. The van der Waals surface area contributed by atoms with Crippen molar-refractivity contribution >= 4 is 35.3 Å². The number of Topliss-reactive ketones (excluding diaryl/α,β-unsaturated/α-hetero) is 1. The molecule has 1 saturated heterocycles. The van der Waals surface area contributed by atoms with Gasteiger partial charge in [-0.25, -0.2) is 13.8 Å². The van der Waals surface area contributed by atoms with Crippen LogP contribution in [0.2, 0.25) is 0 Å². The summed E-state index contributed by atoms with van der Waals surface area (Å²) in [5.74, 6) is -5.75. The van der Waals surface area contributed by atoms with Crippen molar-refractivity contribution in [2.24, 2.45) is 23.2 Å². The van der Waals surface area contributed by atoms with Crippen molar-refractivity contribution in [2.45, 2.75) is 104 Å². The average Bonchev–Trinajstić information content (AvgIpc) is 3.70. The van der Waals surface area contributed by atoms with Gasteiger partial charge in [-0.05, 0) is 48.5 Å². The Hall–Kier alpha value is -4.82. The maximum atomic E-state index is 14.4. The van der Waals surface area contributed by atoms with Crippen LogP contribution in [-0.4, -0.2) is 87.3 Å². The number of alkyl halides is 2. The van der Waals surface area contributed by atoms with E-state index in [9.17, 15) is 37.5 Å². The zero-order chi connectivity index (χ0) is 38.3. The molecule has 1 aromatic carbocycles. The van der Waals surface area contributed by atoms with E-state index in [-0.39, 0.29) is 24.1 Å². The first-order valence-electron chi connectivity index (χ1n) is 17.7. The lowest BCUT2D eigenvalue weighted by atomic mass is 9.85. The monoisotopic (exact) mass is 725 g/mol. The number of hydrogen-bond donors (Lipinski definition) is 4. The molecule has 4 N–H and O–H groups in total. The third-order valence-corrected chi connectivity index (χ3v) is 9.79. The van der Waals surface area contributed by atoms with Gasteiger partial charge in [0.1, 0.15) is 29.9 Å². The first kappa shape index (κ1) is 40.0. The second kappa shape index (κ2) is 17.1. The maximum absolute atomic E-state index is 14.4. The van der Waals surface area contributed by atoms with E-state index in [0.29, 0.717) is 12.0 Å². The van der Waals surface area contributed by atoms with Crippen molar-refractivity contribution in [1.82, 2.24) is 36.1 Å². The van der Waals surface area contributed by atoms with E-state index in [0.717, 1.165) is 12.8 Å². The van der Waals surface area contributed by atoms with E-state index in [1.54, 1.807) is 71.9 Å². The normalized spacial score (nSPS) is 20.7. The van der Waals surface area contributed by atoms with E-state index in [1.807, 2.05) is 0 Å². The number of carbonyl (C=O) groups excluding carboxylic acids is 6. The Balaban J connectivity index is 1.54. The van der Waals surface area contributed by atoms with Gasteiger partial charge in [0.25, 0.3) is 11.8 Å². The minimum absolute atomic E-state index is 0.00803. The van der Waals surface area contributed by atoms with Crippen LogP contribution in [0.25, 0.3) is 0 Å². The van der Waals surface area contributed by atoms with Crippen LogP contribution in [0.1, 0.15) is 89.3 Å². The molecule has 0 radical (unpaired) electrons. The van der Waals surface area contributed by atoms with Crippen LogP contribution in [-0.2, 0) is 24.0 Å². The second-order valence-electron chi connectivity index (χ2n) is 15.0. The number of nitrogens with zero attached hydrogens (tertiary/aromatic N) is 3. The van der Waals surface area contributed by atoms with Crippen LogP contribution >= 0.6 is 0 Å². The fraction of sp³-hybridized carbons (Fsp3) is 0.568. The molecule has 52 heavy (non-hydrogen) atoms. The number of halogens is 2. The van der Waals surface area contributed by atoms with Gasteiger partial charge in [-0.3, -0.25) is 33.8 Å². The Kier molecular flexibility index (Phi) is 13.2. The molecular weight excluding hydrogens is 676 g/mol. The van der Waals surface area contributed by atoms with Gasteiger partial charge >= 0.3 is 0 Å². The highest BCUT2D eigenvalue weighted by molar-refractivity contribution is 6.38. The zero-order valence-corrected chi connectivity index (χ0v) is 30.4. The molecule has 1 aromatic heterocycles. The Morgan fingerprint density at radius 3 is 2.21 bits per heavy atom. The molecule has 4 rings (SSSR count). The molecule has 2 fully saturated rings. The topological polar surface area (TPSA) is 180 Å². The molecule has 0 spiro atoms. The third kappa shape index (κ3) is 9.73. The van der Waals surface area contributed by atoms with Crippen molar-refractivity contribution in [3.05, 3.63) is 60.2 Å². The lowest BCUT2D eigenvalue weighted by molar-refractivity contribution is -0.146. The number of carbonyl (C=O) groups is 6. The second-order valence-corrected chi connectivity index (χ2v) is 15.0. The van der Waals surface area contributed by atoms with Crippen molar-refractivity contribution < 1.29 is 37.5 Å². The highest BCUT2D eigenvalue weighted by atomic mass is 19.3. The summed E-state index contributed by atoms with van der Waals surface area (Å²) in [6, 6.07) is 2.98. The summed E-state index contributed by atoms with van der Waals surface area (Å²) in [5, 5.41) is 10.4. The highest BCUT2D eigenvalue weighted by Gasteiger charge is 2.52. The maximum Gasteiger partial charge on any atom is 0.290 e. The van der Waals surface area contributed by atoms with Crippen molar-refractivity contribution in [1.29, 1.82) is 0 Å². The van der Waals surface area contributed by atoms with Crippen LogP contribution < -0.4 is 21.3 Å². The van der Waals surface area contributed by atoms with Crippen molar-refractivity contribution in [2.75, 3.05) is 6.54 Å². The Labute approximate surface area is 302 Å². The lowest BCUT2D eigenvalue weighted by Gasteiger charge is -2.37. The molecule has 2 aromatic rings. The number of likely N-dealkylation sites (tertiary alicyclic amines) is 1. The largest absolute Gasteiger partial charge is 0.344 e. The molecule has 282 valence electrons. The van der Waals surface area contributed by atoms with Gasteiger partial charge < -0.3 is 26.2 Å². The van der Waals surface area contributed by atoms with Crippen molar-refractivity contribution in [3.63, 3.8) is 0 Å². The summed E-state index contributed by atoms with van der Waals surface area (Å²) in [4.78, 5) is 90.5. The Morgan fingerprint density at radius 2 is 1.62 bits per heavy atom. The molecular formula is C37H49F2N7O6. The van der Waals surface area contributed by atoms with Crippen LogP contribution in [0.3, 0.4) is 0 Å². The fourth-order valence-electron chi connectivity index (χ4n) is 7.00. The van der Waals surface area contributed by atoms with Gasteiger partial charge in [-0.15, -0.1) is 0 Å². The number of hydrogen-bond acceptors (Lipinski definition) is 8. The number of rotatable bonds is 14. The molecule has 15 heteroatoms. The molecule has 1 aliphatic carbocycles. The Morgan fingerprint density at radius 1 is 0.923 bits per heavy atom. The van der Waals surface area contributed by atoms with Crippen LogP contribution in [0.15, 0.2) is 48.9 Å². The molecule has 3 unspecified atom stereocenters. The van der Waals surface area contributed by atoms with Gasteiger partial charge in [0.2, 0.25) is 29.9 Å². The Bertz CT molecular complexity index is 1600. The SMILES string of the molecule is CC(C)[C@@H](NC(=O)c1cnccn1)C(=O)NC(C(=O)N1C[C@@H]2CCC[C@@H]2C1C(=O)NC(CC(F)F)C(=O)C(=O)N[C@@H](C)c1ccccc1)C(C)(C)C. The summed E-state index contributed by atoms with van der Waals surface area (Å²) in [7, 11) is 0. The molecule has 5 amide bonds. The molecule has 2 heterocycles. The fourth-order valence-corrected chi connectivity index (χ4v) is 7.00. The summed E-state index contributed by atoms with van der Waals surface area (Å²) in [6.45, 7) is 10.5. The number of aromatic nitrogens is 2. The van der Waals surface area contributed by atoms with E-state index >= 15 is 0 Å². The first-order valence-corrected chi connectivity index (χ1v) is 17.7. The first-order chi connectivity index (χ1) is 24.5. The van der Waals surface area contributed by atoms with Gasteiger partial charge in [0, 0.05) is 25.4 Å². The minimum atomic E-state index is -3.02. The average molecular weight is 726 g/mol. The molecule has 1 saturated carbocycles. The van der Waals surface area contributed by atoms with Gasteiger partial charge in [0.05, 0.1) is 12.2 Å². The smallest absolute Gasteiger partial charge is 0.290 e. The summed E-state index contributed by atoms with van der Waals surface area (Å²) in [5.41, 5.74) is -0.170. The van der Waals surface area contributed by atoms with Gasteiger partial charge in [-0.1, -0.05) is 71.4 Å². The van der Waals surface area contributed by atoms with E-state index < -0.39 is 89.7 Å². The highest BCUT2D eigenvalue weighted by Crippen LogP contribution is 2.43. The summed E-state index contributed by atoms with van der Waals surface area (Å²) >= 11 is 0. The quantitative estimate of drug-likeness (QED) is 0.215. The zero-order valence-electron chi connectivity index (χ0n) is 30.4. The molecule has 7 atom stereocenters. The molecule has 1 aliphatic heterocycles. The van der Waals surface area contributed by atoms with E-state index in [4.69, 9.17) is 0 Å². The van der Waals surface area contributed by atoms with E-state index in [2.05, 4.69) is 31.2 Å². The predicted octanol–water partition coefficient (Wildman–Crippen LogP) is 2.98.